The summed E-state index contributed by atoms with van der Waals surface area (Å²) in [7, 11) is 1.61. The second kappa shape index (κ2) is 9.10. The van der Waals surface area contributed by atoms with Gasteiger partial charge in [-0.1, -0.05) is 6.07 Å². The molecule has 0 unspecified atom stereocenters. The van der Waals surface area contributed by atoms with Crippen LogP contribution in [0.15, 0.2) is 42.5 Å². The van der Waals surface area contributed by atoms with E-state index in [1.54, 1.807) is 19.2 Å². The molecule has 2 aromatic rings. The second-order valence-electron chi connectivity index (χ2n) is 8.61. The van der Waals surface area contributed by atoms with Crippen molar-refractivity contribution >= 4 is 11.8 Å². The maximum atomic E-state index is 13.0. The molecule has 164 valence electrons. The van der Waals surface area contributed by atoms with Crippen molar-refractivity contribution in [3.05, 3.63) is 64.7 Å². The van der Waals surface area contributed by atoms with Gasteiger partial charge < -0.3 is 14.5 Å². The first-order valence-electron chi connectivity index (χ1n) is 11.0. The normalized spacial score (nSPS) is 16.9. The smallest absolute Gasteiger partial charge is 0.254 e. The van der Waals surface area contributed by atoms with Crippen LogP contribution in [-0.4, -0.2) is 72.4 Å². The number of carbonyl (C=O) groups is 2. The number of carbonyl (C=O) groups excluding carboxylic acids is 2. The predicted octanol–water partition coefficient (Wildman–Crippen LogP) is 3.06. The van der Waals surface area contributed by atoms with Gasteiger partial charge in [-0.15, -0.1) is 0 Å². The number of nitrogens with zero attached hydrogens (tertiary/aromatic N) is 3. The van der Waals surface area contributed by atoms with Crippen LogP contribution >= 0.6 is 0 Å². The van der Waals surface area contributed by atoms with Gasteiger partial charge in [0.15, 0.2) is 0 Å². The Kier molecular flexibility index (Phi) is 6.28. The van der Waals surface area contributed by atoms with Crippen LogP contribution in [0.25, 0.3) is 0 Å². The molecule has 1 saturated heterocycles. The van der Waals surface area contributed by atoms with Crippen molar-refractivity contribution in [1.29, 1.82) is 0 Å². The lowest BCUT2D eigenvalue weighted by molar-refractivity contribution is 0.0594. The molecule has 0 aliphatic carbocycles. The van der Waals surface area contributed by atoms with E-state index in [1.165, 1.54) is 5.56 Å². The Morgan fingerprint density at radius 3 is 2.10 bits per heavy atom. The van der Waals surface area contributed by atoms with Gasteiger partial charge in [-0.25, -0.2) is 0 Å². The fraction of sp³-hybridized carbons (Fsp3) is 0.440. The molecule has 2 aliphatic rings. The molecule has 2 aliphatic heterocycles. The number of hydrogen-bond donors (Lipinski definition) is 0. The number of rotatable bonds is 4. The minimum atomic E-state index is 0.0245. The molecule has 0 spiro atoms. The van der Waals surface area contributed by atoms with Crippen molar-refractivity contribution in [2.45, 2.75) is 32.9 Å². The summed E-state index contributed by atoms with van der Waals surface area (Å²) in [5.74, 6) is 0.878. The monoisotopic (exact) mass is 421 g/mol. The number of ether oxygens (including phenoxy) is 1. The summed E-state index contributed by atoms with van der Waals surface area (Å²) in [5, 5.41) is 0. The molecule has 0 N–H and O–H groups in total. The highest BCUT2D eigenvalue weighted by atomic mass is 16.5. The van der Waals surface area contributed by atoms with E-state index in [1.807, 2.05) is 40.1 Å². The maximum Gasteiger partial charge on any atom is 0.254 e. The van der Waals surface area contributed by atoms with Gasteiger partial charge in [0.1, 0.15) is 5.75 Å². The maximum absolute atomic E-state index is 13.0. The van der Waals surface area contributed by atoms with E-state index >= 15 is 0 Å². The molecule has 0 saturated carbocycles. The third-order valence-corrected chi connectivity index (χ3v) is 6.42. The Labute approximate surface area is 184 Å². The quantitative estimate of drug-likeness (QED) is 0.762. The highest BCUT2D eigenvalue weighted by Gasteiger charge is 2.26. The Balaban J connectivity index is 1.41. The van der Waals surface area contributed by atoms with E-state index in [9.17, 15) is 9.59 Å². The first kappa shape index (κ1) is 21.4. The van der Waals surface area contributed by atoms with E-state index < -0.39 is 0 Å². The molecule has 2 amide bonds. The zero-order valence-corrected chi connectivity index (χ0v) is 18.6. The van der Waals surface area contributed by atoms with Crippen molar-refractivity contribution < 1.29 is 14.3 Å². The summed E-state index contributed by atoms with van der Waals surface area (Å²) < 4.78 is 5.17. The summed E-state index contributed by atoms with van der Waals surface area (Å²) in [6.45, 7) is 9.03. The number of amides is 2. The first-order valence-corrected chi connectivity index (χ1v) is 11.0. The van der Waals surface area contributed by atoms with Crippen LogP contribution in [0.5, 0.6) is 5.75 Å². The molecule has 1 fully saturated rings. The number of piperazine rings is 1. The largest absolute Gasteiger partial charge is 0.497 e. The van der Waals surface area contributed by atoms with Crippen molar-refractivity contribution in [2.24, 2.45) is 0 Å². The molecule has 0 aromatic heterocycles. The Morgan fingerprint density at radius 1 is 0.806 bits per heavy atom. The highest BCUT2D eigenvalue weighted by Crippen LogP contribution is 2.23. The van der Waals surface area contributed by atoms with E-state index in [2.05, 4.69) is 18.7 Å². The topological polar surface area (TPSA) is 53.1 Å². The zero-order chi connectivity index (χ0) is 22.0. The lowest BCUT2D eigenvalue weighted by atomic mass is 9.96. The zero-order valence-electron chi connectivity index (χ0n) is 18.6. The summed E-state index contributed by atoms with van der Waals surface area (Å²) >= 11 is 0. The highest BCUT2D eigenvalue weighted by molar-refractivity contribution is 5.95. The minimum absolute atomic E-state index is 0.0245. The molecule has 2 heterocycles. The van der Waals surface area contributed by atoms with Crippen molar-refractivity contribution in [3.8, 4) is 5.75 Å². The molecule has 6 nitrogen and oxygen atoms in total. The molecule has 31 heavy (non-hydrogen) atoms. The number of fused-ring (bicyclic) bond motifs is 1. The van der Waals surface area contributed by atoms with E-state index in [4.69, 9.17) is 4.74 Å². The number of hydrogen-bond acceptors (Lipinski definition) is 4. The van der Waals surface area contributed by atoms with Gasteiger partial charge in [0.05, 0.1) is 7.11 Å². The van der Waals surface area contributed by atoms with Gasteiger partial charge in [-0.05, 0) is 67.8 Å². The SMILES string of the molecule is COc1ccc(C(=O)N2CCc3cc(C(=O)N4CCN(C(C)C)CC4)ccc3C2)cc1. The lowest BCUT2D eigenvalue weighted by Gasteiger charge is -2.37. The van der Waals surface area contributed by atoms with Crippen LogP contribution in [0.1, 0.15) is 45.7 Å². The minimum Gasteiger partial charge on any atom is -0.497 e. The van der Waals surface area contributed by atoms with E-state index in [0.717, 1.165) is 49.5 Å². The van der Waals surface area contributed by atoms with Crippen LogP contribution in [0, 0.1) is 0 Å². The van der Waals surface area contributed by atoms with E-state index in [-0.39, 0.29) is 11.8 Å². The van der Waals surface area contributed by atoms with Gasteiger partial charge in [0.2, 0.25) is 0 Å². The summed E-state index contributed by atoms with van der Waals surface area (Å²) in [4.78, 5) is 32.1. The van der Waals surface area contributed by atoms with E-state index in [0.29, 0.717) is 24.7 Å². The molecular formula is C25H31N3O3. The summed E-state index contributed by atoms with van der Waals surface area (Å²) in [6.07, 6.45) is 0.763. The standard InChI is InChI=1S/C25H31N3O3/c1-18(2)26-12-14-27(15-13-26)25(30)21-4-5-22-17-28(11-10-20(22)16-21)24(29)19-6-8-23(31-3)9-7-19/h4-9,16,18H,10-15,17H2,1-3H3. The average molecular weight is 422 g/mol. The molecule has 0 atom stereocenters. The predicted molar refractivity (Wildman–Crippen MR) is 120 cm³/mol. The Morgan fingerprint density at radius 2 is 1.45 bits per heavy atom. The number of benzene rings is 2. The fourth-order valence-corrected chi connectivity index (χ4v) is 4.40. The molecule has 0 radical (unpaired) electrons. The van der Waals surface area contributed by atoms with Crippen molar-refractivity contribution in [1.82, 2.24) is 14.7 Å². The Hall–Kier alpha value is -2.86. The number of methoxy groups -OCH3 is 1. The first-order chi connectivity index (χ1) is 15.0. The molecular weight excluding hydrogens is 390 g/mol. The second-order valence-corrected chi connectivity index (χ2v) is 8.61. The summed E-state index contributed by atoms with van der Waals surface area (Å²) in [6, 6.07) is 13.7. The Bertz CT molecular complexity index is 947. The van der Waals surface area contributed by atoms with Crippen LogP contribution in [0.3, 0.4) is 0 Å². The van der Waals surface area contributed by atoms with Gasteiger partial charge in [0.25, 0.3) is 11.8 Å². The third-order valence-electron chi connectivity index (χ3n) is 6.42. The molecule has 0 bridgehead atoms. The molecule has 2 aromatic carbocycles. The van der Waals surface area contributed by atoms with Crippen LogP contribution in [0.2, 0.25) is 0 Å². The third kappa shape index (κ3) is 4.59. The van der Waals surface area contributed by atoms with Crippen LogP contribution in [-0.2, 0) is 13.0 Å². The van der Waals surface area contributed by atoms with Gasteiger partial charge >= 0.3 is 0 Å². The van der Waals surface area contributed by atoms with Crippen molar-refractivity contribution in [2.75, 3.05) is 39.8 Å². The van der Waals surface area contributed by atoms with Crippen molar-refractivity contribution in [3.63, 3.8) is 0 Å². The van der Waals surface area contributed by atoms with Gasteiger partial charge in [-0.3, -0.25) is 14.5 Å². The molecule has 6 heteroatoms. The summed E-state index contributed by atoms with van der Waals surface area (Å²) in [5.41, 5.74) is 3.71. The molecule has 4 rings (SSSR count). The van der Waals surface area contributed by atoms with Crippen LogP contribution in [0.4, 0.5) is 0 Å². The lowest BCUT2D eigenvalue weighted by Crippen LogP contribution is -2.50. The average Bonchev–Trinajstić information content (AvgIpc) is 2.82. The van der Waals surface area contributed by atoms with Gasteiger partial charge in [0, 0.05) is 56.4 Å². The fourth-order valence-electron chi connectivity index (χ4n) is 4.40. The van der Waals surface area contributed by atoms with Gasteiger partial charge in [-0.2, -0.15) is 0 Å². The van der Waals surface area contributed by atoms with Crippen LogP contribution < -0.4 is 4.74 Å².